The lowest BCUT2D eigenvalue weighted by Crippen LogP contribution is -2.11. The smallest absolute Gasteiger partial charge is 0.333 e. The van der Waals surface area contributed by atoms with Crippen molar-refractivity contribution in [2.45, 2.75) is 19.9 Å². The summed E-state index contributed by atoms with van der Waals surface area (Å²) >= 11 is 5.85. The second kappa shape index (κ2) is 5.50. The Morgan fingerprint density at radius 1 is 1.40 bits per heavy atom. The number of hydrogen-bond donors (Lipinski definition) is 1. The maximum Gasteiger partial charge on any atom is 0.333 e. The summed E-state index contributed by atoms with van der Waals surface area (Å²) in [6.07, 6.45) is 0. The highest BCUT2D eigenvalue weighted by Crippen LogP contribution is 2.30. The summed E-state index contributed by atoms with van der Waals surface area (Å²) in [6, 6.07) is 7.25. The van der Waals surface area contributed by atoms with Gasteiger partial charge in [0.15, 0.2) is 0 Å². The van der Waals surface area contributed by atoms with Crippen LogP contribution in [0, 0.1) is 17.0 Å². The van der Waals surface area contributed by atoms with Gasteiger partial charge < -0.3 is 5.32 Å². The maximum absolute atomic E-state index is 11.1. The molecule has 0 bridgehead atoms. The summed E-state index contributed by atoms with van der Waals surface area (Å²) < 4.78 is 1.49. The molecule has 1 aromatic heterocycles. The Bertz CT molecular complexity index is 637. The number of aromatic nitrogens is 2. The van der Waals surface area contributed by atoms with Crippen molar-refractivity contribution >= 4 is 23.1 Å². The van der Waals surface area contributed by atoms with Crippen LogP contribution in [0.3, 0.4) is 0 Å². The zero-order valence-electron chi connectivity index (χ0n) is 11.4. The molecule has 0 saturated heterocycles. The Kier molecular flexibility index (Phi) is 3.94. The van der Waals surface area contributed by atoms with Gasteiger partial charge in [-0.1, -0.05) is 23.7 Å². The second-order valence-corrected chi connectivity index (χ2v) is 5.02. The van der Waals surface area contributed by atoms with E-state index in [1.54, 1.807) is 26.1 Å². The Balaban J connectivity index is 2.30. The summed E-state index contributed by atoms with van der Waals surface area (Å²) in [5.74, 6) is 0.398. The quantitative estimate of drug-likeness (QED) is 0.692. The minimum Gasteiger partial charge on any atom is -0.358 e. The Labute approximate surface area is 121 Å². The average Bonchev–Trinajstić information content (AvgIpc) is 2.64. The minimum absolute atomic E-state index is 0.00770. The van der Waals surface area contributed by atoms with Crippen LogP contribution >= 0.6 is 11.6 Å². The van der Waals surface area contributed by atoms with E-state index in [0.717, 1.165) is 5.56 Å². The third kappa shape index (κ3) is 2.75. The van der Waals surface area contributed by atoms with Crippen molar-refractivity contribution in [3.8, 4) is 0 Å². The van der Waals surface area contributed by atoms with E-state index < -0.39 is 4.92 Å². The van der Waals surface area contributed by atoms with Crippen LogP contribution in [0.5, 0.6) is 0 Å². The van der Waals surface area contributed by atoms with E-state index in [0.29, 0.717) is 16.5 Å². The van der Waals surface area contributed by atoms with Crippen LogP contribution in [0.2, 0.25) is 5.02 Å². The lowest BCUT2D eigenvalue weighted by atomic mass is 10.1. The van der Waals surface area contributed by atoms with Gasteiger partial charge in [0.05, 0.1) is 11.0 Å². The SMILES string of the molecule is Cc1nn(C)c(NC(C)c2ccc(Cl)cc2)c1[N+](=O)[O-]. The van der Waals surface area contributed by atoms with Crippen molar-refractivity contribution in [2.75, 3.05) is 5.32 Å². The molecule has 7 heteroatoms. The molecule has 0 aliphatic heterocycles. The molecule has 1 atom stereocenters. The van der Waals surface area contributed by atoms with Crippen molar-refractivity contribution in [3.05, 3.63) is 50.7 Å². The van der Waals surface area contributed by atoms with Crippen LogP contribution < -0.4 is 5.32 Å². The molecule has 0 aliphatic carbocycles. The van der Waals surface area contributed by atoms with Gasteiger partial charge >= 0.3 is 5.69 Å². The van der Waals surface area contributed by atoms with Crippen molar-refractivity contribution in [3.63, 3.8) is 0 Å². The fourth-order valence-corrected chi connectivity index (χ4v) is 2.19. The maximum atomic E-state index is 11.1. The molecule has 0 aliphatic rings. The second-order valence-electron chi connectivity index (χ2n) is 4.58. The Hall–Kier alpha value is -2.08. The van der Waals surface area contributed by atoms with E-state index in [4.69, 9.17) is 11.6 Å². The van der Waals surface area contributed by atoms with E-state index in [9.17, 15) is 10.1 Å². The fourth-order valence-electron chi connectivity index (χ4n) is 2.07. The van der Waals surface area contributed by atoms with Crippen LogP contribution in [0.15, 0.2) is 24.3 Å². The highest BCUT2D eigenvalue weighted by atomic mass is 35.5. The third-order valence-corrected chi connectivity index (χ3v) is 3.35. The molecule has 0 fully saturated rings. The molecular weight excluding hydrogens is 280 g/mol. The Morgan fingerprint density at radius 3 is 2.55 bits per heavy atom. The summed E-state index contributed by atoms with van der Waals surface area (Å²) in [5, 5.41) is 19.0. The third-order valence-electron chi connectivity index (χ3n) is 3.10. The van der Waals surface area contributed by atoms with E-state index in [-0.39, 0.29) is 11.7 Å². The molecule has 0 spiro atoms. The van der Waals surface area contributed by atoms with Gasteiger partial charge in [0, 0.05) is 12.1 Å². The van der Waals surface area contributed by atoms with Crippen LogP contribution in [-0.4, -0.2) is 14.7 Å². The molecule has 20 heavy (non-hydrogen) atoms. The zero-order valence-corrected chi connectivity index (χ0v) is 12.2. The van der Waals surface area contributed by atoms with Crippen molar-refractivity contribution in [2.24, 2.45) is 7.05 Å². The fraction of sp³-hybridized carbons (Fsp3) is 0.308. The average molecular weight is 295 g/mol. The standard InChI is InChI=1S/C13H15ClN4O2/c1-8(10-4-6-11(14)7-5-10)15-13-12(18(19)20)9(2)16-17(13)3/h4-8,15H,1-3H3. The number of anilines is 1. The van der Waals surface area contributed by atoms with E-state index in [1.807, 2.05) is 19.1 Å². The molecular formula is C13H15ClN4O2. The summed E-state index contributed by atoms with van der Waals surface area (Å²) in [5.41, 5.74) is 1.39. The Morgan fingerprint density at radius 2 is 2.00 bits per heavy atom. The van der Waals surface area contributed by atoms with E-state index >= 15 is 0 Å². The van der Waals surface area contributed by atoms with Gasteiger partial charge in [-0.25, -0.2) is 4.68 Å². The molecule has 0 saturated carbocycles. The molecule has 2 rings (SSSR count). The molecule has 0 radical (unpaired) electrons. The van der Waals surface area contributed by atoms with Crippen LogP contribution in [0.25, 0.3) is 0 Å². The van der Waals surface area contributed by atoms with Crippen molar-refractivity contribution in [1.82, 2.24) is 9.78 Å². The van der Waals surface area contributed by atoms with E-state index in [2.05, 4.69) is 10.4 Å². The molecule has 1 N–H and O–H groups in total. The first-order valence-corrected chi connectivity index (χ1v) is 6.48. The van der Waals surface area contributed by atoms with Gasteiger partial charge in [0.25, 0.3) is 0 Å². The highest BCUT2D eigenvalue weighted by molar-refractivity contribution is 6.30. The predicted octanol–water partition coefficient (Wildman–Crippen LogP) is 3.46. The van der Waals surface area contributed by atoms with Gasteiger partial charge in [0.2, 0.25) is 5.82 Å². The molecule has 1 unspecified atom stereocenters. The van der Waals surface area contributed by atoms with Gasteiger partial charge in [-0.3, -0.25) is 10.1 Å². The first kappa shape index (κ1) is 14.3. The summed E-state index contributed by atoms with van der Waals surface area (Å²) in [7, 11) is 1.68. The molecule has 1 aromatic carbocycles. The number of rotatable bonds is 4. The van der Waals surface area contributed by atoms with Crippen molar-refractivity contribution < 1.29 is 4.92 Å². The van der Waals surface area contributed by atoms with Gasteiger partial charge in [-0.15, -0.1) is 0 Å². The summed E-state index contributed by atoms with van der Waals surface area (Å²) in [4.78, 5) is 10.7. The van der Waals surface area contributed by atoms with Crippen LogP contribution in [0.4, 0.5) is 11.5 Å². The van der Waals surface area contributed by atoms with Crippen molar-refractivity contribution in [1.29, 1.82) is 0 Å². The van der Waals surface area contributed by atoms with Gasteiger partial charge in [-0.2, -0.15) is 5.10 Å². The highest BCUT2D eigenvalue weighted by Gasteiger charge is 2.25. The number of hydrogen-bond acceptors (Lipinski definition) is 4. The first-order chi connectivity index (χ1) is 9.40. The number of benzene rings is 1. The summed E-state index contributed by atoms with van der Waals surface area (Å²) in [6.45, 7) is 3.55. The molecule has 0 amide bonds. The number of aryl methyl sites for hydroxylation is 2. The number of nitrogens with one attached hydrogen (secondary N) is 1. The monoisotopic (exact) mass is 294 g/mol. The van der Waals surface area contributed by atoms with Crippen LogP contribution in [0.1, 0.15) is 24.2 Å². The predicted molar refractivity (Wildman–Crippen MR) is 78.1 cm³/mol. The van der Waals surface area contributed by atoms with Gasteiger partial charge in [0.1, 0.15) is 5.69 Å². The topological polar surface area (TPSA) is 73.0 Å². The number of nitrogens with zero attached hydrogens (tertiary/aromatic N) is 3. The first-order valence-electron chi connectivity index (χ1n) is 6.10. The normalized spacial score (nSPS) is 12.2. The molecule has 1 heterocycles. The largest absolute Gasteiger partial charge is 0.358 e. The molecule has 106 valence electrons. The molecule has 2 aromatic rings. The van der Waals surface area contributed by atoms with E-state index in [1.165, 1.54) is 4.68 Å². The lowest BCUT2D eigenvalue weighted by Gasteiger charge is -2.15. The lowest BCUT2D eigenvalue weighted by molar-refractivity contribution is -0.384. The zero-order chi connectivity index (χ0) is 14.9. The molecule has 6 nitrogen and oxygen atoms in total. The number of nitro groups is 1. The van der Waals surface area contributed by atoms with Crippen LogP contribution in [-0.2, 0) is 7.05 Å². The van der Waals surface area contributed by atoms with Gasteiger partial charge in [-0.05, 0) is 31.5 Å². The number of halogens is 1. The minimum atomic E-state index is -0.417.